The number of aryl methyl sites for hydroxylation is 1. The van der Waals surface area contributed by atoms with Crippen molar-refractivity contribution in [2.45, 2.75) is 44.7 Å². The molecule has 1 aliphatic heterocycles. The van der Waals surface area contributed by atoms with Gasteiger partial charge in [-0.25, -0.2) is 4.99 Å². The summed E-state index contributed by atoms with van der Waals surface area (Å²) in [5.41, 5.74) is 13.3. The van der Waals surface area contributed by atoms with Crippen molar-refractivity contribution in [3.05, 3.63) is 27.7 Å². The molecule has 0 unspecified atom stereocenters. The smallest absolute Gasteiger partial charge is 0.220 e. The van der Waals surface area contributed by atoms with E-state index in [1.807, 2.05) is 17.9 Å². The molecule has 1 heterocycles. The SMILES string of the molecule is Cc1cc(Cl)cc(Cl)c1N1C(N)=NC(N)=NC12CCCCC2. The molecule has 0 atom stereocenters. The quantitative estimate of drug-likeness (QED) is 0.822. The van der Waals surface area contributed by atoms with Gasteiger partial charge in [0.1, 0.15) is 5.66 Å². The average Bonchev–Trinajstić information content (AvgIpc) is 2.41. The maximum atomic E-state index is 6.46. The summed E-state index contributed by atoms with van der Waals surface area (Å²) in [6, 6.07) is 3.59. The summed E-state index contributed by atoms with van der Waals surface area (Å²) in [6.07, 6.45) is 5.09. The summed E-state index contributed by atoms with van der Waals surface area (Å²) in [7, 11) is 0. The van der Waals surface area contributed by atoms with Gasteiger partial charge in [-0.3, -0.25) is 4.90 Å². The van der Waals surface area contributed by atoms with Gasteiger partial charge in [0, 0.05) is 5.02 Å². The topological polar surface area (TPSA) is 80.0 Å². The molecule has 4 N–H and O–H groups in total. The first-order valence-electron chi connectivity index (χ1n) is 7.38. The van der Waals surface area contributed by atoms with Gasteiger partial charge < -0.3 is 11.5 Å². The predicted molar refractivity (Wildman–Crippen MR) is 92.7 cm³/mol. The summed E-state index contributed by atoms with van der Waals surface area (Å²) in [4.78, 5) is 10.7. The monoisotopic (exact) mass is 339 g/mol. The zero-order valence-electron chi connectivity index (χ0n) is 12.4. The van der Waals surface area contributed by atoms with Crippen molar-refractivity contribution in [1.82, 2.24) is 0 Å². The van der Waals surface area contributed by atoms with Crippen LogP contribution in [0.5, 0.6) is 0 Å². The number of nitrogens with two attached hydrogens (primary N) is 2. The van der Waals surface area contributed by atoms with Crippen LogP contribution < -0.4 is 16.4 Å². The van der Waals surface area contributed by atoms with E-state index >= 15 is 0 Å². The molecule has 1 saturated carbocycles. The third-order valence-corrected chi connectivity index (χ3v) is 4.80. The second-order valence-corrected chi connectivity index (χ2v) is 6.72. The molecule has 1 aromatic rings. The minimum atomic E-state index is -0.490. The van der Waals surface area contributed by atoms with Gasteiger partial charge in [-0.15, -0.1) is 0 Å². The van der Waals surface area contributed by atoms with Crippen molar-refractivity contribution in [3.8, 4) is 0 Å². The molecule has 1 aromatic carbocycles. The number of nitrogens with zero attached hydrogens (tertiary/aromatic N) is 3. The number of aliphatic imine (C=N–C) groups is 2. The molecule has 2 aliphatic rings. The standard InChI is InChI=1S/C15H19Cl2N5/c1-9-7-10(16)8-11(17)12(9)22-14(19)20-13(18)21-15(22)5-3-2-4-6-15/h7-8H,2-6H2,1H3,(H4,18,19,20,21). The highest BCUT2D eigenvalue weighted by atomic mass is 35.5. The summed E-state index contributed by atoms with van der Waals surface area (Å²) < 4.78 is 0. The number of guanidine groups is 2. The molecular formula is C15H19Cl2N5. The Labute approximate surface area is 140 Å². The predicted octanol–water partition coefficient (Wildman–Crippen LogP) is 3.41. The molecule has 0 aromatic heterocycles. The van der Waals surface area contributed by atoms with E-state index in [9.17, 15) is 0 Å². The second-order valence-electron chi connectivity index (χ2n) is 5.87. The van der Waals surface area contributed by atoms with Crippen LogP contribution in [-0.2, 0) is 0 Å². The Morgan fingerprint density at radius 3 is 2.45 bits per heavy atom. The van der Waals surface area contributed by atoms with Crippen LogP contribution in [0.3, 0.4) is 0 Å². The Morgan fingerprint density at radius 2 is 1.82 bits per heavy atom. The number of hydrogen-bond donors (Lipinski definition) is 2. The fraction of sp³-hybridized carbons (Fsp3) is 0.467. The first-order chi connectivity index (χ1) is 10.4. The Kier molecular flexibility index (Phi) is 3.95. The molecule has 118 valence electrons. The van der Waals surface area contributed by atoms with Crippen molar-refractivity contribution < 1.29 is 0 Å². The van der Waals surface area contributed by atoms with Gasteiger partial charge in [0.2, 0.25) is 11.9 Å². The van der Waals surface area contributed by atoms with Crippen LogP contribution in [0.4, 0.5) is 5.69 Å². The van der Waals surface area contributed by atoms with E-state index in [1.54, 1.807) is 6.07 Å². The molecule has 1 aliphatic carbocycles. The van der Waals surface area contributed by atoms with Gasteiger partial charge in [-0.1, -0.05) is 29.6 Å². The maximum absolute atomic E-state index is 6.46. The number of hydrogen-bond acceptors (Lipinski definition) is 5. The van der Waals surface area contributed by atoms with Crippen molar-refractivity contribution in [2.75, 3.05) is 4.90 Å². The number of rotatable bonds is 1. The van der Waals surface area contributed by atoms with Crippen molar-refractivity contribution >= 4 is 40.8 Å². The molecule has 0 radical (unpaired) electrons. The first-order valence-corrected chi connectivity index (χ1v) is 8.14. The molecule has 7 heteroatoms. The first kappa shape index (κ1) is 15.4. The average molecular weight is 340 g/mol. The lowest BCUT2D eigenvalue weighted by molar-refractivity contribution is 0.305. The van der Waals surface area contributed by atoms with Gasteiger partial charge in [-0.2, -0.15) is 4.99 Å². The normalized spacial score (nSPS) is 20.8. The maximum Gasteiger partial charge on any atom is 0.220 e. The third-order valence-electron chi connectivity index (χ3n) is 4.29. The van der Waals surface area contributed by atoms with E-state index in [0.717, 1.165) is 36.9 Å². The van der Waals surface area contributed by atoms with E-state index in [2.05, 4.69) is 9.98 Å². The summed E-state index contributed by atoms with van der Waals surface area (Å²) in [5.74, 6) is 0.570. The van der Waals surface area contributed by atoms with Crippen LogP contribution in [0.25, 0.3) is 0 Å². The van der Waals surface area contributed by atoms with Gasteiger partial charge >= 0.3 is 0 Å². The Bertz CT molecular complexity index is 639. The lowest BCUT2D eigenvalue weighted by Crippen LogP contribution is -2.58. The van der Waals surface area contributed by atoms with Crippen LogP contribution in [-0.4, -0.2) is 17.6 Å². The number of benzene rings is 1. The summed E-state index contributed by atoms with van der Waals surface area (Å²) in [6.45, 7) is 1.96. The van der Waals surface area contributed by atoms with Crippen LogP contribution in [0.2, 0.25) is 10.0 Å². The zero-order valence-corrected chi connectivity index (χ0v) is 14.0. The molecule has 0 bridgehead atoms. The number of anilines is 1. The van der Waals surface area contributed by atoms with Crippen molar-refractivity contribution in [2.24, 2.45) is 21.5 Å². The Morgan fingerprint density at radius 1 is 1.14 bits per heavy atom. The van der Waals surface area contributed by atoms with Gasteiger partial charge in [0.15, 0.2) is 0 Å². The van der Waals surface area contributed by atoms with E-state index in [1.165, 1.54) is 6.42 Å². The lowest BCUT2D eigenvalue weighted by atomic mass is 9.87. The Balaban J connectivity index is 2.16. The van der Waals surface area contributed by atoms with E-state index < -0.39 is 5.66 Å². The highest BCUT2D eigenvalue weighted by molar-refractivity contribution is 6.37. The molecule has 3 rings (SSSR count). The summed E-state index contributed by atoms with van der Waals surface area (Å²) in [5, 5.41) is 1.14. The highest BCUT2D eigenvalue weighted by Crippen LogP contribution is 2.43. The highest BCUT2D eigenvalue weighted by Gasteiger charge is 2.43. The fourth-order valence-corrected chi connectivity index (χ4v) is 4.10. The molecule has 0 amide bonds. The van der Waals surface area contributed by atoms with Gasteiger partial charge in [-0.05, 0) is 50.3 Å². The Hall–Kier alpha value is -1.46. The van der Waals surface area contributed by atoms with Crippen LogP contribution >= 0.6 is 23.2 Å². The summed E-state index contributed by atoms with van der Waals surface area (Å²) >= 11 is 12.5. The minimum absolute atomic E-state index is 0.235. The second kappa shape index (κ2) is 5.63. The molecule has 1 fully saturated rings. The third kappa shape index (κ3) is 2.52. The minimum Gasteiger partial charge on any atom is -0.369 e. The lowest BCUT2D eigenvalue weighted by Gasteiger charge is -2.46. The van der Waals surface area contributed by atoms with Crippen molar-refractivity contribution in [3.63, 3.8) is 0 Å². The number of halogens is 2. The zero-order chi connectivity index (χ0) is 15.9. The van der Waals surface area contributed by atoms with E-state index in [0.29, 0.717) is 16.0 Å². The van der Waals surface area contributed by atoms with E-state index in [-0.39, 0.29) is 5.96 Å². The molecular weight excluding hydrogens is 321 g/mol. The largest absolute Gasteiger partial charge is 0.369 e. The fourth-order valence-electron chi connectivity index (χ4n) is 3.42. The van der Waals surface area contributed by atoms with Gasteiger partial charge in [0.05, 0.1) is 10.7 Å². The molecule has 22 heavy (non-hydrogen) atoms. The molecule has 0 saturated heterocycles. The van der Waals surface area contributed by atoms with Crippen molar-refractivity contribution in [1.29, 1.82) is 0 Å². The van der Waals surface area contributed by atoms with Crippen LogP contribution in [0.1, 0.15) is 37.7 Å². The molecule has 1 spiro atoms. The van der Waals surface area contributed by atoms with Crippen LogP contribution in [0, 0.1) is 6.92 Å². The van der Waals surface area contributed by atoms with E-state index in [4.69, 9.17) is 34.7 Å². The van der Waals surface area contributed by atoms with Crippen LogP contribution in [0.15, 0.2) is 22.1 Å². The van der Waals surface area contributed by atoms with Gasteiger partial charge in [0.25, 0.3) is 0 Å². The molecule has 5 nitrogen and oxygen atoms in total.